The minimum Gasteiger partial charge on any atom is -0.478 e. The summed E-state index contributed by atoms with van der Waals surface area (Å²) >= 11 is 5.54. The lowest BCUT2D eigenvalue weighted by molar-refractivity contribution is -0.116. The van der Waals surface area contributed by atoms with Crippen molar-refractivity contribution in [2.75, 3.05) is 5.32 Å². The number of unbranched alkanes of at least 4 members (excludes halogenated alkanes) is 10. The van der Waals surface area contributed by atoms with Crippen molar-refractivity contribution in [3.63, 3.8) is 0 Å². The fraction of sp³-hybridized carbons (Fsp3) is 0.292. The minimum atomic E-state index is -1.45. The number of hydroxylamine groups is 1. The number of amides is 1. The van der Waals surface area contributed by atoms with Crippen molar-refractivity contribution in [1.82, 2.24) is 15.6 Å². The van der Waals surface area contributed by atoms with Crippen LogP contribution < -0.4 is 20.3 Å². The lowest BCUT2D eigenvalue weighted by atomic mass is 10.1. The van der Waals surface area contributed by atoms with Crippen molar-refractivity contribution in [3.05, 3.63) is 133 Å². The van der Waals surface area contributed by atoms with E-state index in [-0.39, 0.29) is 11.5 Å². The molecule has 2 heterocycles. The van der Waals surface area contributed by atoms with E-state index in [1.165, 1.54) is 110 Å². The highest BCUT2D eigenvalue weighted by molar-refractivity contribution is 8.14. The molecule has 0 saturated heterocycles. The second-order valence-corrected chi connectivity index (χ2v) is 19.3. The molecule has 0 bridgehead atoms. The van der Waals surface area contributed by atoms with Crippen LogP contribution in [0.3, 0.4) is 0 Å². The van der Waals surface area contributed by atoms with E-state index in [2.05, 4.69) is 17.7 Å². The number of para-hydroxylation sites is 3. The van der Waals surface area contributed by atoms with Crippen molar-refractivity contribution in [2.24, 2.45) is 4.99 Å². The SMILES string of the molecule is CCCCCCCCCCCCCC(=O)Nc1ccc(SC2=NC(Oc3ccccc3)(Sc3nc4c(Sc5ccccc5C(=O)O)cccc4s3)NN2Oc2ccccc2)cc1. The quantitative estimate of drug-likeness (QED) is 0.0420. The standard InChI is InChI=1S/C48H51N5O5S4/c1-2-3-4-5-6-7-8-9-10-11-18-30-43(54)49-35-31-33-38(34-32-35)59-46-51-48(57-36-22-14-12-15-23-36,52-53(46)58-37-24-16-13-17-25-37)62-47-50-44-41(28-21-29-42(44)61-47)60-40-27-20-19-26-39(40)45(55)56/h12-17,19-29,31-34,52H,2-11,18,30H2,1H3,(H,49,54)(H,55,56). The number of thiazole rings is 1. The van der Waals surface area contributed by atoms with Gasteiger partial charge in [-0.15, -0.1) is 21.9 Å². The summed E-state index contributed by atoms with van der Waals surface area (Å²) in [4.78, 5) is 43.7. The first-order valence-corrected chi connectivity index (χ1v) is 24.4. The molecule has 0 saturated carbocycles. The summed E-state index contributed by atoms with van der Waals surface area (Å²) in [6.45, 7) is 2.25. The summed E-state index contributed by atoms with van der Waals surface area (Å²) in [5, 5.41) is 13.4. The molecule has 0 radical (unpaired) electrons. The van der Waals surface area contributed by atoms with E-state index in [0.717, 1.165) is 38.5 Å². The zero-order chi connectivity index (χ0) is 43.0. The molecule has 7 rings (SSSR count). The largest absolute Gasteiger partial charge is 0.478 e. The maximum atomic E-state index is 12.8. The number of hydrazine groups is 1. The summed E-state index contributed by atoms with van der Waals surface area (Å²) < 4.78 is 8.29. The van der Waals surface area contributed by atoms with E-state index in [4.69, 9.17) is 19.6 Å². The number of amidine groups is 1. The molecule has 1 aromatic heterocycles. The summed E-state index contributed by atoms with van der Waals surface area (Å²) in [6.07, 6.45) is 14.2. The number of carboxylic acids is 1. The van der Waals surface area contributed by atoms with Gasteiger partial charge in [0, 0.05) is 26.8 Å². The second-order valence-electron chi connectivity index (χ2n) is 14.8. The molecule has 10 nitrogen and oxygen atoms in total. The number of aromatic nitrogens is 1. The Labute approximate surface area is 380 Å². The third-order valence-corrected chi connectivity index (χ3v) is 14.1. The molecular weight excluding hydrogens is 855 g/mol. The number of aromatic carboxylic acids is 1. The van der Waals surface area contributed by atoms with Crippen molar-refractivity contribution in [2.45, 2.75) is 108 Å². The Morgan fingerprint density at radius 3 is 2.05 bits per heavy atom. The molecule has 1 unspecified atom stereocenters. The van der Waals surface area contributed by atoms with E-state index in [9.17, 15) is 14.7 Å². The molecule has 3 N–H and O–H groups in total. The molecule has 1 atom stereocenters. The molecule has 6 aromatic rings. The normalized spacial score (nSPS) is 14.8. The molecule has 322 valence electrons. The van der Waals surface area contributed by atoms with Crippen molar-refractivity contribution >= 4 is 79.6 Å². The molecular formula is C48H51N5O5S4. The van der Waals surface area contributed by atoms with Gasteiger partial charge >= 0.3 is 11.2 Å². The molecule has 0 aliphatic carbocycles. The van der Waals surface area contributed by atoms with Gasteiger partial charge in [0.25, 0.3) is 0 Å². The first kappa shape index (κ1) is 45.0. The number of thioether (sulfide) groups is 2. The van der Waals surface area contributed by atoms with Crippen LogP contribution in [0.2, 0.25) is 0 Å². The van der Waals surface area contributed by atoms with Crippen molar-refractivity contribution in [3.8, 4) is 11.5 Å². The Morgan fingerprint density at radius 2 is 1.35 bits per heavy atom. The van der Waals surface area contributed by atoms with Crippen LogP contribution in [-0.2, 0) is 4.79 Å². The van der Waals surface area contributed by atoms with E-state index in [0.29, 0.717) is 32.3 Å². The first-order valence-electron chi connectivity index (χ1n) is 21.2. The summed E-state index contributed by atoms with van der Waals surface area (Å²) in [6, 6.07) is 39.4. The summed E-state index contributed by atoms with van der Waals surface area (Å²) in [5.74, 6) is 0.216. The van der Waals surface area contributed by atoms with Gasteiger partial charge < -0.3 is 20.0 Å². The van der Waals surface area contributed by atoms with Gasteiger partial charge in [-0.05, 0) is 103 Å². The Balaban J connectivity index is 1.05. The van der Waals surface area contributed by atoms with Gasteiger partial charge in [0.15, 0.2) is 10.1 Å². The molecule has 5 aromatic carbocycles. The first-order chi connectivity index (χ1) is 30.4. The number of rotatable bonds is 23. The molecule has 1 aliphatic heterocycles. The monoisotopic (exact) mass is 905 g/mol. The fourth-order valence-electron chi connectivity index (χ4n) is 6.73. The van der Waals surface area contributed by atoms with Gasteiger partial charge in [-0.25, -0.2) is 9.78 Å². The number of aliphatic imine (C=N–C) groups is 1. The number of carbonyl (C=O) groups excluding carboxylic acids is 1. The van der Waals surface area contributed by atoms with Crippen LogP contribution in [0.25, 0.3) is 10.2 Å². The van der Waals surface area contributed by atoms with Gasteiger partial charge in [0.2, 0.25) is 11.1 Å². The number of nitrogens with one attached hydrogen (secondary N) is 2. The second kappa shape index (κ2) is 22.9. The molecule has 0 spiro atoms. The van der Waals surface area contributed by atoms with Crippen molar-refractivity contribution in [1.29, 1.82) is 0 Å². The number of anilines is 1. The average Bonchev–Trinajstić information content (AvgIpc) is 3.84. The Morgan fingerprint density at radius 1 is 0.726 bits per heavy atom. The average molecular weight is 906 g/mol. The number of fused-ring (bicyclic) bond motifs is 1. The molecule has 1 aliphatic rings. The predicted molar refractivity (Wildman–Crippen MR) is 254 cm³/mol. The molecule has 0 fully saturated rings. The Bertz CT molecular complexity index is 2400. The van der Waals surface area contributed by atoms with Gasteiger partial charge in [-0.1, -0.05) is 137 Å². The highest BCUT2D eigenvalue weighted by Gasteiger charge is 2.46. The van der Waals surface area contributed by atoms with Gasteiger partial charge in [-0.3, -0.25) is 4.79 Å². The highest BCUT2D eigenvalue weighted by atomic mass is 32.2. The van der Waals surface area contributed by atoms with Crippen LogP contribution in [0.4, 0.5) is 5.69 Å². The number of hydrogen-bond donors (Lipinski definition) is 3. The van der Waals surface area contributed by atoms with E-state index in [1.54, 1.807) is 18.2 Å². The summed E-state index contributed by atoms with van der Waals surface area (Å²) in [5.41, 5.74) is 5.11. The number of ether oxygens (including phenoxy) is 1. The Kier molecular flexibility index (Phi) is 16.6. The number of carbonyl (C=O) groups is 2. The third-order valence-electron chi connectivity index (χ3n) is 9.88. The summed E-state index contributed by atoms with van der Waals surface area (Å²) in [7, 11) is 0. The number of benzene rings is 5. The smallest absolute Gasteiger partial charge is 0.338 e. The van der Waals surface area contributed by atoms with Gasteiger partial charge in [-0.2, -0.15) is 4.99 Å². The van der Waals surface area contributed by atoms with Crippen LogP contribution in [0.1, 0.15) is 94.3 Å². The molecule has 1 amide bonds. The number of hydrogen-bond acceptors (Lipinski definition) is 12. The van der Waals surface area contributed by atoms with Gasteiger partial charge in [0.1, 0.15) is 5.75 Å². The Hall–Kier alpha value is -4.99. The van der Waals surface area contributed by atoms with Crippen LogP contribution >= 0.6 is 46.6 Å². The lowest BCUT2D eigenvalue weighted by Gasteiger charge is -2.27. The minimum absolute atomic E-state index is 0.0265. The maximum Gasteiger partial charge on any atom is 0.338 e. The molecule has 62 heavy (non-hydrogen) atoms. The van der Waals surface area contributed by atoms with Gasteiger partial charge in [0.05, 0.1) is 15.8 Å². The molecule has 14 heteroatoms. The zero-order valence-electron chi connectivity index (χ0n) is 34.7. The zero-order valence-corrected chi connectivity index (χ0v) is 37.9. The van der Waals surface area contributed by atoms with E-state index in [1.807, 2.05) is 109 Å². The number of carboxylic acid groups (broad SMARTS) is 1. The van der Waals surface area contributed by atoms with Crippen LogP contribution in [0, 0.1) is 0 Å². The highest BCUT2D eigenvalue weighted by Crippen LogP contribution is 2.45. The third kappa shape index (κ3) is 13.0. The van der Waals surface area contributed by atoms with E-state index >= 15 is 0 Å². The van der Waals surface area contributed by atoms with Crippen LogP contribution in [0.15, 0.2) is 151 Å². The number of nitrogens with zero attached hydrogens (tertiary/aromatic N) is 3. The van der Waals surface area contributed by atoms with Crippen LogP contribution in [-0.4, -0.2) is 37.5 Å². The van der Waals surface area contributed by atoms with E-state index < -0.39 is 11.2 Å². The fourth-order valence-corrected chi connectivity index (χ4v) is 11.0. The lowest BCUT2D eigenvalue weighted by Crippen LogP contribution is -2.50. The van der Waals surface area contributed by atoms with Crippen LogP contribution in [0.5, 0.6) is 11.5 Å². The topological polar surface area (TPSA) is 125 Å². The maximum absolute atomic E-state index is 12.8. The predicted octanol–water partition coefficient (Wildman–Crippen LogP) is 13.5. The van der Waals surface area contributed by atoms with Crippen molar-refractivity contribution < 1.29 is 24.3 Å².